The molecule has 1 aromatic heterocycles. The molecule has 22 heavy (non-hydrogen) atoms. The van der Waals surface area contributed by atoms with E-state index in [4.69, 9.17) is 9.15 Å². The minimum atomic E-state index is -0.276. The first-order valence-electron chi connectivity index (χ1n) is 6.88. The Morgan fingerprint density at radius 1 is 1.23 bits per heavy atom. The summed E-state index contributed by atoms with van der Waals surface area (Å²) in [4.78, 5) is 23.0. The highest BCUT2D eigenvalue weighted by Crippen LogP contribution is 2.23. The van der Waals surface area contributed by atoms with Crippen molar-refractivity contribution >= 4 is 17.5 Å². The molecule has 1 aromatic carbocycles. The van der Waals surface area contributed by atoms with Crippen molar-refractivity contribution < 1.29 is 18.7 Å². The van der Waals surface area contributed by atoms with Crippen LogP contribution >= 0.6 is 0 Å². The van der Waals surface area contributed by atoms with Crippen LogP contribution in [0.25, 0.3) is 0 Å². The smallest absolute Gasteiger partial charge is 0.258 e. The van der Waals surface area contributed by atoms with E-state index in [0.717, 1.165) is 0 Å². The van der Waals surface area contributed by atoms with Crippen LogP contribution in [0.3, 0.4) is 0 Å². The molecule has 6 heteroatoms. The number of anilines is 1. The van der Waals surface area contributed by atoms with Crippen molar-refractivity contribution in [3.8, 4) is 5.75 Å². The van der Waals surface area contributed by atoms with Gasteiger partial charge in [0, 0.05) is 6.92 Å². The summed E-state index contributed by atoms with van der Waals surface area (Å²) in [5.74, 6) is 0.638. The first-order valence-corrected chi connectivity index (χ1v) is 6.88. The molecular formula is C16H18N2O4. The Bertz CT molecular complexity index is 637. The zero-order valence-electron chi connectivity index (χ0n) is 12.5. The monoisotopic (exact) mass is 302 g/mol. The predicted octanol–water partition coefficient (Wildman–Crippen LogP) is 2.49. The molecule has 0 aliphatic rings. The van der Waals surface area contributed by atoms with Crippen LogP contribution in [0.4, 0.5) is 5.69 Å². The van der Waals surface area contributed by atoms with Crippen LogP contribution in [0.2, 0.25) is 0 Å². The van der Waals surface area contributed by atoms with Crippen LogP contribution in [-0.4, -0.2) is 18.4 Å². The molecule has 2 aromatic rings. The summed E-state index contributed by atoms with van der Waals surface area (Å²) in [7, 11) is 0. The number of ether oxygens (including phenoxy) is 1. The summed E-state index contributed by atoms with van der Waals surface area (Å²) in [5.41, 5.74) is 0.530. The average Bonchev–Trinajstić information content (AvgIpc) is 3.00. The molecule has 0 saturated heterocycles. The summed E-state index contributed by atoms with van der Waals surface area (Å²) < 4.78 is 10.7. The minimum Gasteiger partial charge on any atom is -0.482 e. The molecule has 1 unspecified atom stereocenters. The fourth-order valence-corrected chi connectivity index (χ4v) is 1.92. The standard InChI is InChI=1S/C16H18N2O4/c1-11(14-8-5-9-21-14)17-16(20)10-22-15-7-4-3-6-13(15)18-12(2)19/h3-9,11H,10H2,1-2H3,(H,17,20)(H,18,19). The maximum atomic E-state index is 11.9. The van der Waals surface area contributed by atoms with Gasteiger partial charge in [0.25, 0.3) is 5.91 Å². The van der Waals surface area contributed by atoms with Gasteiger partial charge in [-0.2, -0.15) is 0 Å². The van der Waals surface area contributed by atoms with E-state index in [1.807, 2.05) is 6.92 Å². The van der Waals surface area contributed by atoms with Gasteiger partial charge in [-0.3, -0.25) is 9.59 Å². The summed E-state index contributed by atoms with van der Waals surface area (Å²) in [5, 5.41) is 5.42. The van der Waals surface area contributed by atoms with Gasteiger partial charge in [0.2, 0.25) is 5.91 Å². The Balaban J connectivity index is 1.90. The van der Waals surface area contributed by atoms with Crippen LogP contribution < -0.4 is 15.4 Å². The van der Waals surface area contributed by atoms with Gasteiger partial charge < -0.3 is 19.8 Å². The molecule has 0 saturated carbocycles. The van der Waals surface area contributed by atoms with Crippen molar-refractivity contribution in [2.24, 2.45) is 0 Å². The van der Waals surface area contributed by atoms with Crippen LogP contribution in [0.1, 0.15) is 25.6 Å². The summed E-state index contributed by atoms with van der Waals surface area (Å²) >= 11 is 0. The Kier molecular flexibility index (Phi) is 5.19. The van der Waals surface area contributed by atoms with Crippen molar-refractivity contribution in [1.29, 1.82) is 0 Å². The van der Waals surface area contributed by atoms with Gasteiger partial charge in [-0.25, -0.2) is 0 Å². The fourth-order valence-electron chi connectivity index (χ4n) is 1.92. The van der Waals surface area contributed by atoms with Gasteiger partial charge >= 0.3 is 0 Å². The zero-order chi connectivity index (χ0) is 15.9. The van der Waals surface area contributed by atoms with Crippen LogP contribution in [0.5, 0.6) is 5.75 Å². The van der Waals surface area contributed by atoms with E-state index in [1.165, 1.54) is 6.92 Å². The van der Waals surface area contributed by atoms with Gasteiger partial charge in [-0.05, 0) is 31.2 Å². The number of furan rings is 1. The van der Waals surface area contributed by atoms with Gasteiger partial charge in [-0.1, -0.05) is 12.1 Å². The molecule has 0 aliphatic heterocycles. The Morgan fingerprint density at radius 2 is 2.00 bits per heavy atom. The number of nitrogens with one attached hydrogen (secondary N) is 2. The van der Waals surface area contributed by atoms with Crippen molar-refractivity contribution in [2.75, 3.05) is 11.9 Å². The van der Waals surface area contributed by atoms with Crippen LogP contribution in [0.15, 0.2) is 47.1 Å². The highest BCUT2D eigenvalue weighted by Gasteiger charge is 2.13. The third-order valence-electron chi connectivity index (χ3n) is 2.90. The van der Waals surface area contributed by atoms with Gasteiger partial charge in [0.1, 0.15) is 11.5 Å². The molecule has 2 amide bonds. The van der Waals surface area contributed by atoms with Crippen molar-refractivity contribution in [3.63, 3.8) is 0 Å². The topological polar surface area (TPSA) is 80.6 Å². The molecule has 1 heterocycles. The number of carbonyl (C=O) groups is 2. The van der Waals surface area contributed by atoms with Crippen LogP contribution in [0, 0.1) is 0 Å². The number of amides is 2. The molecule has 0 radical (unpaired) electrons. The number of benzene rings is 1. The fraction of sp³-hybridized carbons (Fsp3) is 0.250. The highest BCUT2D eigenvalue weighted by molar-refractivity contribution is 5.90. The average molecular weight is 302 g/mol. The van der Waals surface area contributed by atoms with E-state index < -0.39 is 0 Å². The molecule has 6 nitrogen and oxygen atoms in total. The van der Waals surface area contributed by atoms with Crippen molar-refractivity contribution in [2.45, 2.75) is 19.9 Å². The second-order valence-electron chi connectivity index (χ2n) is 4.77. The van der Waals surface area contributed by atoms with Gasteiger partial charge in [0.15, 0.2) is 6.61 Å². The Morgan fingerprint density at radius 3 is 2.68 bits per heavy atom. The lowest BCUT2D eigenvalue weighted by atomic mass is 10.2. The number of rotatable bonds is 6. The summed E-state index contributed by atoms with van der Waals surface area (Å²) in [6.07, 6.45) is 1.55. The first-order chi connectivity index (χ1) is 10.6. The number of carbonyl (C=O) groups excluding carboxylic acids is 2. The molecule has 116 valence electrons. The lowest BCUT2D eigenvalue weighted by Crippen LogP contribution is -2.31. The number of hydrogen-bond acceptors (Lipinski definition) is 4. The normalized spacial score (nSPS) is 11.5. The summed E-state index contributed by atoms with van der Waals surface area (Å²) in [6.45, 7) is 3.08. The van der Waals surface area contributed by atoms with E-state index in [1.54, 1.807) is 42.7 Å². The van der Waals surface area contributed by atoms with Gasteiger partial charge in [0.05, 0.1) is 18.0 Å². The molecule has 0 spiro atoms. The third kappa shape index (κ3) is 4.37. The van der Waals surface area contributed by atoms with Crippen molar-refractivity contribution in [1.82, 2.24) is 5.32 Å². The lowest BCUT2D eigenvalue weighted by molar-refractivity contribution is -0.123. The number of para-hydroxylation sites is 2. The van der Waals surface area contributed by atoms with E-state index in [-0.39, 0.29) is 24.5 Å². The Labute approximate surface area is 128 Å². The minimum absolute atomic E-state index is 0.151. The van der Waals surface area contributed by atoms with E-state index in [9.17, 15) is 9.59 Å². The summed E-state index contributed by atoms with van der Waals surface area (Å²) in [6, 6.07) is 10.3. The molecular weight excluding hydrogens is 284 g/mol. The second-order valence-corrected chi connectivity index (χ2v) is 4.77. The number of hydrogen-bond donors (Lipinski definition) is 2. The quantitative estimate of drug-likeness (QED) is 0.859. The van der Waals surface area contributed by atoms with E-state index >= 15 is 0 Å². The molecule has 0 fully saturated rings. The first kappa shape index (κ1) is 15.6. The SMILES string of the molecule is CC(=O)Nc1ccccc1OCC(=O)NC(C)c1ccco1. The van der Waals surface area contributed by atoms with E-state index in [0.29, 0.717) is 17.2 Å². The second kappa shape index (κ2) is 7.31. The predicted molar refractivity (Wildman–Crippen MR) is 81.5 cm³/mol. The van der Waals surface area contributed by atoms with Gasteiger partial charge in [-0.15, -0.1) is 0 Å². The highest BCUT2D eigenvalue weighted by atomic mass is 16.5. The Hall–Kier alpha value is -2.76. The third-order valence-corrected chi connectivity index (χ3v) is 2.90. The molecule has 1 atom stereocenters. The van der Waals surface area contributed by atoms with Crippen molar-refractivity contribution in [3.05, 3.63) is 48.4 Å². The molecule has 2 N–H and O–H groups in total. The van der Waals surface area contributed by atoms with E-state index in [2.05, 4.69) is 10.6 Å². The maximum Gasteiger partial charge on any atom is 0.258 e. The zero-order valence-corrected chi connectivity index (χ0v) is 12.5. The largest absolute Gasteiger partial charge is 0.482 e. The van der Waals surface area contributed by atoms with Crippen LogP contribution in [-0.2, 0) is 9.59 Å². The molecule has 0 aliphatic carbocycles. The maximum absolute atomic E-state index is 11.9. The molecule has 0 bridgehead atoms. The lowest BCUT2D eigenvalue weighted by Gasteiger charge is -2.14. The molecule has 2 rings (SSSR count).